The molecule has 0 aromatic rings. The zero-order valence-electron chi connectivity index (χ0n) is 61.2. The lowest BCUT2D eigenvalue weighted by Crippen LogP contribution is -2.72. The van der Waals surface area contributed by atoms with Gasteiger partial charge in [0.25, 0.3) is 0 Å². The SMILES string of the molecule is CC(=O)N[C@H]1[C@H](O[C@H]2[C@@H](O)[C@@H](CO)O[C@@H](O[C@H]3[C@H](O)[C@@H](O)[C@H](OC[C@@H](CO)NC=O)O[C@@H]3CO)[C@@H]2O)O[C@H](CO)[C@@H](O[C@@H]2O[C@H](CO[C@@H]3O[C@H](CO)[C@@H](O)[C@H](O)[C@H]3NC(C)=O)[C@H](O)[C@H](O[C@H]3O[C@H](CO)[C@@H](O[C@@H]4O[C@H](CO)[C@H](O)[C@H](O[C@]5(C(=O)[O-])C[C@H](O)[C@@H](NC(C)=O)[C@H]([C@H](O)[C@H](O)CO)O5)[C@H]4O)[C@H](O)[C@H]3NC(C)=O)[C@H]2O)[C@@H]1O. The van der Waals surface area contributed by atoms with Crippen LogP contribution in [0.15, 0.2) is 0 Å². The molecule has 0 aliphatic carbocycles. The Balaban J connectivity index is 1.07. The van der Waals surface area contributed by atoms with Gasteiger partial charge in [0.1, 0.15) is 195 Å². The lowest BCUT2D eigenvalue weighted by Gasteiger charge is -2.52. The van der Waals surface area contributed by atoms with Gasteiger partial charge in [0.15, 0.2) is 44.0 Å². The number of carboxylic acids is 1. The highest BCUT2D eigenvalue weighted by Gasteiger charge is 2.62. The first-order chi connectivity index (χ1) is 53.9. The number of carboxylic acid groups (broad SMARTS) is 1. The van der Waals surface area contributed by atoms with Crippen molar-refractivity contribution >= 4 is 36.0 Å². The summed E-state index contributed by atoms with van der Waals surface area (Å²) in [6.07, 6.45) is -77.8. The number of carbonyl (C=O) groups excluding carboxylic acids is 6. The van der Waals surface area contributed by atoms with E-state index in [9.17, 15) is 151 Å². The normalized spacial score (nSPS) is 44.9. The molecular formula is C63H104N5O46-. The Morgan fingerprint density at radius 2 is 0.781 bits per heavy atom. The summed E-state index contributed by atoms with van der Waals surface area (Å²) in [6.45, 7) is -6.48. The molecule has 0 radical (unpaired) electrons. The number of hydrogen-bond donors (Lipinski definition) is 28. The molecule has 8 rings (SSSR count). The zero-order chi connectivity index (χ0) is 84.4. The molecule has 0 spiro atoms. The molecule has 0 unspecified atom stereocenters. The number of rotatable bonds is 35. The van der Waals surface area contributed by atoms with Crippen LogP contribution in [0, 0.1) is 0 Å². The van der Waals surface area contributed by atoms with Crippen LogP contribution in [0.4, 0.5) is 0 Å². The summed E-state index contributed by atoms with van der Waals surface area (Å²) in [6, 6.07) is -8.56. The lowest BCUT2D eigenvalue weighted by atomic mass is 9.88. The second-order valence-corrected chi connectivity index (χ2v) is 28.2. The Bertz CT molecular complexity index is 3060. The molecule has 8 aliphatic rings. The van der Waals surface area contributed by atoms with E-state index >= 15 is 0 Å². The Labute approximate surface area is 645 Å². The number of aliphatic hydroxyl groups is 23. The summed E-state index contributed by atoms with van der Waals surface area (Å²) in [5.74, 6) is -9.54. The number of aliphatic carboxylic acids is 1. The van der Waals surface area contributed by atoms with Gasteiger partial charge in [0.05, 0.1) is 84.3 Å². The summed E-state index contributed by atoms with van der Waals surface area (Å²) in [7, 11) is 0. The fourth-order valence-corrected chi connectivity index (χ4v) is 14.3. The van der Waals surface area contributed by atoms with Gasteiger partial charge in [0.2, 0.25) is 35.8 Å². The molecule has 51 nitrogen and oxygen atoms in total. The highest BCUT2D eigenvalue weighted by Crippen LogP contribution is 2.41. The minimum absolute atomic E-state index is 0.244. The Kier molecular flexibility index (Phi) is 34.9. The lowest BCUT2D eigenvalue weighted by molar-refractivity contribution is -0.411. The number of aliphatic hydroxyl groups excluding tert-OH is 23. The van der Waals surface area contributed by atoms with E-state index in [1.165, 1.54) is 0 Å². The molecule has 5 amide bonds. The van der Waals surface area contributed by atoms with Crippen LogP contribution in [0.1, 0.15) is 34.1 Å². The molecule has 114 heavy (non-hydrogen) atoms. The molecule has 8 saturated heterocycles. The van der Waals surface area contributed by atoms with Crippen LogP contribution in [0.2, 0.25) is 0 Å². The van der Waals surface area contributed by atoms with E-state index in [0.717, 1.165) is 27.7 Å². The molecule has 42 atom stereocenters. The first-order valence-electron chi connectivity index (χ1n) is 35.9. The molecule has 0 aromatic carbocycles. The second-order valence-electron chi connectivity index (χ2n) is 28.2. The largest absolute Gasteiger partial charge is 0.544 e. The fraction of sp³-hybridized carbons (Fsp3) is 0.905. The maximum atomic E-state index is 13.2. The molecule has 0 bridgehead atoms. The first kappa shape index (κ1) is 94.7. The van der Waals surface area contributed by atoms with E-state index in [4.69, 9.17) is 75.8 Å². The minimum Gasteiger partial charge on any atom is -0.544 e. The monoisotopic (exact) mass is 1670 g/mol. The number of carbonyl (C=O) groups is 6. The van der Waals surface area contributed by atoms with Gasteiger partial charge in [-0.1, -0.05) is 0 Å². The Hall–Kier alpha value is -4.74. The number of amides is 5. The minimum atomic E-state index is -3.40. The average Bonchev–Trinajstić information content (AvgIpc) is 0.754. The van der Waals surface area contributed by atoms with Gasteiger partial charge in [-0.15, -0.1) is 0 Å². The molecule has 8 aliphatic heterocycles. The molecule has 28 N–H and O–H groups in total. The van der Waals surface area contributed by atoms with E-state index in [-0.39, 0.29) is 6.41 Å². The van der Waals surface area contributed by atoms with Crippen molar-refractivity contribution in [2.24, 2.45) is 0 Å². The summed E-state index contributed by atoms with van der Waals surface area (Å²) < 4.78 is 93.5. The van der Waals surface area contributed by atoms with Crippen molar-refractivity contribution in [3.05, 3.63) is 0 Å². The maximum absolute atomic E-state index is 13.2. The van der Waals surface area contributed by atoms with Crippen LogP contribution in [-0.2, 0) is 105 Å². The van der Waals surface area contributed by atoms with E-state index < -0.39 is 359 Å². The van der Waals surface area contributed by atoms with Crippen LogP contribution in [0.3, 0.4) is 0 Å². The third-order valence-corrected chi connectivity index (χ3v) is 20.2. The standard InChI is InChI=1S/C63H105N5O46/c1-17(78)65-31-22(82)5-63(62(97)98,113-51(31)35(84)23(83)7-70)114-54-38(87)26(10-73)103-61(47(54)96)109-49-28(12-75)105-57(34(42(49)91)68-20(4)81)112-53-39(88)30(15-100-55-32(66-18(2)79)40(89)36(85)24(8-71)101-55)107-60(46(53)95)108-48-27(11-74)104-56(33(41(48)90)67-19(3)80)111-52-37(86)25(9-72)102-59(45(52)94)110-50-29(13-76)106-58(44(93)43(50)92)99-14-21(6-69)64-16-77/h16,21-61,69-76,82-96H,5-15H2,1-4H3,(H,64,77)(H,65,78)(H,66,79)(H,67,80)(H,68,81)(H,97,98)/p-1/t21-,22+,23-,24-,25-,26-,27-,28-,29-,30-,31-,32-,33-,34-,35-,36-,37+,38+,39+,40-,41-,42-,43-,44-,45-,46-,47-,48-,49-,50-,51-,52+,53+,54+,55-,56+,57-,58-,59+,60+,61+,63+/m1/s1. The van der Waals surface area contributed by atoms with Gasteiger partial charge in [-0.25, -0.2) is 0 Å². The fourth-order valence-electron chi connectivity index (χ4n) is 14.3. The Morgan fingerprint density at radius 1 is 0.412 bits per heavy atom. The molecular weight excluding hydrogens is 1560 g/mol. The summed E-state index contributed by atoms with van der Waals surface area (Å²) >= 11 is 0. The van der Waals surface area contributed by atoms with Crippen LogP contribution in [-0.4, -0.2) is 477 Å². The van der Waals surface area contributed by atoms with Crippen molar-refractivity contribution in [3.63, 3.8) is 0 Å². The first-order valence-corrected chi connectivity index (χ1v) is 35.9. The van der Waals surface area contributed by atoms with Gasteiger partial charge in [-0.2, -0.15) is 0 Å². The predicted molar refractivity (Wildman–Crippen MR) is 349 cm³/mol. The molecule has 0 saturated carbocycles. The van der Waals surface area contributed by atoms with Gasteiger partial charge >= 0.3 is 0 Å². The zero-order valence-corrected chi connectivity index (χ0v) is 61.2. The van der Waals surface area contributed by atoms with Gasteiger partial charge in [0, 0.05) is 34.1 Å². The summed E-state index contributed by atoms with van der Waals surface area (Å²) in [5, 5.41) is 280. The average molecular weight is 1670 g/mol. The predicted octanol–water partition coefficient (Wildman–Crippen LogP) is -20.9. The quantitative estimate of drug-likeness (QED) is 0.0262. The van der Waals surface area contributed by atoms with Crippen molar-refractivity contribution in [1.29, 1.82) is 0 Å². The van der Waals surface area contributed by atoms with Crippen molar-refractivity contribution in [2.75, 3.05) is 66.1 Å². The third kappa shape index (κ3) is 21.5. The van der Waals surface area contributed by atoms with E-state index in [1.807, 2.05) is 0 Å². The number of nitrogens with one attached hydrogen (secondary N) is 5. The molecule has 51 heteroatoms. The van der Waals surface area contributed by atoms with Crippen LogP contribution >= 0.6 is 0 Å². The molecule has 658 valence electrons. The van der Waals surface area contributed by atoms with Crippen LogP contribution in [0.5, 0.6) is 0 Å². The van der Waals surface area contributed by atoms with Gasteiger partial charge in [-0.05, 0) is 0 Å². The van der Waals surface area contributed by atoms with E-state index in [0.29, 0.717) is 0 Å². The smallest absolute Gasteiger partial charge is 0.217 e. The number of ether oxygens (including phenoxy) is 16. The highest BCUT2D eigenvalue weighted by molar-refractivity contribution is 5.76. The number of hydrogen-bond acceptors (Lipinski definition) is 46. The summed E-state index contributed by atoms with van der Waals surface area (Å²) in [5.41, 5.74) is 0. The third-order valence-electron chi connectivity index (χ3n) is 20.2. The second kappa shape index (κ2) is 42.0. The molecule has 0 aromatic heterocycles. The molecule has 8 heterocycles. The topological polar surface area (TPSA) is 799 Å². The summed E-state index contributed by atoms with van der Waals surface area (Å²) in [4.78, 5) is 75.0. The van der Waals surface area contributed by atoms with Crippen LogP contribution in [0.25, 0.3) is 0 Å². The Morgan fingerprint density at radius 3 is 1.20 bits per heavy atom. The highest BCUT2D eigenvalue weighted by atomic mass is 16.8. The van der Waals surface area contributed by atoms with Gasteiger partial charge in [-0.3, -0.25) is 24.0 Å². The van der Waals surface area contributed by atoms with E-state index in [1.54, 1.807) is 0 Å². The van der Waals surface area contributed by atoms with E-state index in [2.05, 4.69) is 26.6 Å². The van der Waals surface area contributed by atoms with Crippen molar-refractivity contribution in [2.45, 2.75) is 291 Å². The van der Waals surface area contributed by atoms with Crippen LogP contribution < -0.4 is 31.7 Å². The van der Waals surface area contributed by atoms with Gasteiger partial charge < -0.3 is 230 Å². The maximum Gasteiger partial charge on any atom is 0.217 e. The van der Waals surface area contributed by atoms with Crippen molar-refractivity contribution in [3.8, 4) is 0 Å². The molecule has 8 fully saturated rings. The van der Waals surface area contributed by atoms with Crippen molar-refractivity contribution < 1.29 is 227 Å². The van der Waals surface area contributed by atoms with Crippen molar-refractivity contribution in [1.82, 2.24) is 26.6 Å².